The lowest BCUT2D eigenvalue weighted by Crippen LogP contribution is -2.17. The van der Waals surface area contributed by atoms with Crippen LogP contribution in [0, 0.1) is 0 Å². The lowest BCUT2D eigenvalue weighted by Gasteiger charge is -2.15. The fourth-order valence-corrected chi connectivity index (χ4v) is 2.37. The number of benzene rings is 2. The van der Waals surface area contributed by atoms with Gasteiger partial charge in [-0.2, -0.15) is 0 Å². The van der Waals surface area contributed by atoms with Gasteiger partial charge < -0.3 is 10.1 Å². The van der Waals surface area contributed by atoms with Crippen LogP contribution in [0.3, 0.4) is 0 Å². The predicted octanol–water partition coefficient (Wildman–Crippen LogP) is 4.98. The maximum atomic E-state index is 6.24. The van der Waals surface area contributed by atoms with Crippen LogP contribution in [0.5, 0.6) is 5.75 Å². The van der Waals surface area contributed by atoms with Crippen molar-refractivity contribution in [3.63, 3.8) is 0 Å². The Morgan fingerprint density at radius 3 is 2.57 bits per heavy atom. The first-order valence-corrected chi connectivity index (χ1v) is 7.78. The normalized spacial score (nSPS) is 12.1. The van der Waals surface area contributed by atoms with E-state index in [1.807, 2.05) is 18.2 Å². The topological polar surface area (TPSA) is 21.3 Å². The molecule has 1 N–H and O–H groups in total. The van der Waals surface area contributed by atoms with Gasteiger partial charge in [0.1, 0.15) is 5.75 Å². The third kappa shape index (κ3) is 4.76. The van der Waals surface area contributed by atoms with E-state index in [2.05, 4.69) is 49.5 Å². The molecule has 112 valence electrons. The van der Waals surface area contributed by atoms with Gasteiger partial charge in [0, 0.05) is 12.6 Å². The maximum absolute atomic E-state index is 6.24. The Kier molecular flexibility index (Phi) is 6.09. The number of halogens is 1. The molecule has 1 atom stereocenters. The fraction of sp³-hybridized carbons (Fsp3) is 0.333. The summed E-state index contributed by atoms with van der Waals surface area (Å²) in [5.41, 5.74) is 2.44. The predicted molar refractivity (Wildman–Crippen MR) is 88.9 cm³/mol. The Balaban J connectivity index is 1.93. The molecule has 0 radical (unpaired) electrons. The van der Waals surface area contributed by atoms with Gasteiger partial charge in [0.15, 0.2) is 0 Å². The van der Waals surface area contributed by atoms with Gasteiger partial charge in [-0.25, -0.2) is 0 Å². The Bertz CT molecular complexity index is 556. The molecular weight excluding hydrogens is 282 g/mol. The van der Waals surface area contributed by atoms with Crippen molar-refractivity contribution >= 4 is 11.6 Å². The zero-order chi connectivity index (χ0) is 15.1. The first-order chi connectivity index (χ1) is 10.2. The van der Waals surface area contributed by atoms with Crippen molar-refractivity contribution in [1.29, 1.82) is 0 Å². The second-order valence-electron chi connectivity index (χ2n) is 5.13. The minimum atomic E-state index is 0.306. The summed E-state index contributed by atoms with van der Waals surface area (Å²) in [6.45, 7) is 5.72. The summed E-state index contributed by atoms with van der Waals surface area (Å²) in [7, 11) is 0. The fourth-order valence-electron chi connectivity index (χ4n) is 2.11. The van der Waals surface area contributed by atoms with Crippen molar-refractivity contribution in [3.05, 3.63) is 64.7 Å². The van der Waals surface area contributed by atoms with Gasteiger partial charge in [-0.3, -0.25) is 0 Å². The summed E-state index contributed by atoms with van der Waals surface area (Å²) in [5.74, 6) is 0.762. The molecule has 0 bridgehead atoms. The smallest absolute Gasteiger partial charge is 0.137 e. The molecule has 0 aromatic heterocycles. The van der Waals surface area contributed by atoms with Gasteiger partial charge in [-0.1, -0.05) is 54.9 Å². The average Bonchev–Trinajstić information content (AvgIpc) is 2.52. The number of rotatable bonds is 7. The lowest BCUT2D eigenvalue weighted by molar-refractivity contribution is 0.317. The van der Waals surface area contributed by atoms with Gasteiger partial charge >= 0.3 is 0 Å². The van der Waals surface area contributed by atoms with Crippen LogP contribution >= 0.6 is 11.6 Å². The standard InChI is InChI=1S/C18H22ClNO/c1-3-11-21-18-10-9-15(12-17(18)19)13-20-14(2)16-7-5-4-6-8-16/h4-10,12,14,20H,3,11,13H2,1-2H3/t14-/m0/s1. The van der Waals surface area contributed by atoms with Gasteiger partial charge in [0.25, 0.3) is 0 Å². The molecule has 21 heavy (non-hydrogen) atoms. The Hall–Kier alpha value is -1.51. The summed E-state index contributed by atoms with van der Waals surface area (Å²) in [5, 5.41) is 4.18. The first-order valence-electron chi connectivity index (χ1n) is 7.40. The van der Waals surface area contributed by atoms with E-state index in [4.69, 9.17) is 16.3 Å². The van der Waals surface area contributed by atoms with Crippen LogP contribution in [0.25, 0.3) is 0 Å². The molecule has 2 aromatic rings. The van der Waals surface area contributed by atoms with E-state index in [0.717, 1.165) is 24.3 Å². The van der Waals surface area contributed by atoms with Crippen LogP contribution in [-0.2, 0) is 6.54 Å². The van der Waals surface area contributed by atoms with E-state index in [0.29, 0.717) is 17.7 Å². The third-order valence-electron chi connectivity index (χ3n) is 3.37. The first kappa shape index (κ1) is 15.9. The molecule has 0 spiro atoms. The molecule has 0 heterocycles. The van der Waals surface area contributed by atoms with Gasteiger partial charge in [-0.05, 0) is 36.6 Å². The maximum Gasteiger partial charge on any atom is 0.137 e. The highest BCUT2D eigenvalue weighted by atomic mass is 35.5. The van der Waals surface area contributed by atoms with Crippen molar-refractivity contribution in [2.75, 3.05) is 6.61 Å². The Morgan fingerprint density at radius 2 is 1.90 bits per heavy atom. The number of hydrogen-bond donors (Lipinski definition) is 1. The molecule has 2 nitrogen and oxygen atoms in total. The third-order valence-corrected chi connectivity index (χ3v) is 3.67. The largest absolute Gasteiger partial charge is 0.492 e. The second kappa shape index (κ2) is 8.06. The molecule has 0 saturated carbocycles. The van der Waals surface area contributed by atoms with Crippen LogP contribution in [0.15, 0.2) is 48.5 Å². The van der Waals surface area contributed by atoms with Gasteiger partial charge in [0.05, 0.1) is 11.6 Å². The molecule has 0 unspecified atom stereocenters. The highest BCUT2D eigenvalue weighted by Crippen LogP contribution is 2.26. The Labute approximate surface area is 132 Å². The monoisotopic (exact) mass is 303 g/mol. The van der Waals surface area contributed by atoms with Gasteiger partial charge in [-0.15, -0.1) is 0 Å². The van der Waals surface area contributed by atoms with E-state index >= 15 is 0 Å². The van der Waals surface area contributed by atoms with Gasteiger partial charge in [0.2, 0.25) is 0 Å². The molecule has 0 fully saturated rings. The zero-order valence-electron chi connectivity index (χ0n) is 12.6. The number of hydrogen-bond acceptors (Lipinski definition) is 2. The average molecular weight is 304 g/mol. The van der Waals surface area contributed by atoms with Crippen LogP contribution in [0.2, 0.25) is 5.02 Å². The highest BCUT2D eigenvalue weighted by Gasteiger charge is 2.06. The molecule has 0 aliphatic carbocycles. The van der Waals surface area contributed by atoms with Crippen molar-refractivity contribution in [3.8, 4) is 5.75 Å². The minimum Gasteiger partial charge on any atom is -0.492 e. The molecule has 0 saturated heterocycles. The van der Waals surface area contributed by atoms with E-state index in [-0.39, 0.29) is 0 Å². The van der Waals surface area contributed by atoms with Crippen LogP contribution in [0.1, 0.15) is 37.4 Å². The quantitative estimate of drug-likeness (QED) is 0.779. The van der Waals surface area contributed by atoms with Crippen LogP contribution in [-0.4, -0.2) is 6.61 Å². The highest BCUT2D eigenvalue weighted by molar-refractivity contribution is 6.32. The van der Waals surface area contributed by atoms with Crippen LogP contribution in [0.4, 0.5) is 0 Å². The Morgan fingerprint density at radius 1 is 1.14 bits per heavy atom. The lowest BCUT2D eigenvalue weighted by atomic mass is 10.1. The second-order valence-corrected chi connectivity index (χ2v) is 5.53. The summed E-state index contributed by atoms with van der Waals surface area (Å²) < 4.78 is 5.58. The molecule has 0 amide bonds. The van der Waals surface area contributed by atoms with E-state index in [1.54, 1.807) is 0 Å². The van der Waals surface area contributed by atoms with Crippen molar-refractivity contribution in [1.82, 2.24) is 5.32 Å². The molecular formula is C18H22ClNO. The summed E-state index contributed by atoms with van der Waals surface area (Å²) >= 11 is 6.24. The molecule has 3 heteroatoms. The zero-order valence-corrected chi connectivity index (χ0v) is 13.4. The van der Waals surface area contributed by atoms with E-state index in [1.165, 1.54) is 5.56 Å². The van der Waals surface area contributed by atoms with E-state index in [9.17, 15) is 0 Å². The van der Waals surface area contributed by atoms with Crippen molar-refractivity contribution in [2.45, 2.75) is 32.9 Å². The number of ether oxygens (including phenoxy) is 1. The SMILES string of the molecule is CCCOc1ccc(CN[C@@H](C)c2ccccc2)cc1Cl. The van der Waals surface area contributed by atoms with Crippen molar-refractivity contribution < 1.29 is 4.74 Å². The van der Waals surface area contributed by atoms with Crippen molar-refractivity contribution in [2.24, 2.45) is 0 Å². The molecule has 2 rings (SSSR count). The minimum absolute atomic E-state index is 0.306. The molecule has 0 aliphatic heterocycles. The summed E-state index contributed by atoms with van der Waals surface area (Å²) in [6, 6.07) is 16.7. The summed E-state index contributed by atoms with van der Waals surface area (Å²) in [4.78, 5) is 0. The van der Waals surface area contributed by atoms with Crippen LogP contribution < -0.4 is 10.1 Å². The molecule has 0 aliphatic rings. The van der Waals surface area contributed by atoms with E-state index < -0.39 is 0 Å². The summed E-state index contributed by atoms with van der Waals surface area (Å²) in [6.07, 6.45) is 0.980. The number of nitrogens with one attached hydrogen (secondary N) is 1. The molecule has 2 aromatic carbocycles.